The van der Waals surface area contributed by atoms with E-state index in [1.54, 1.807) is 6.26 Å². The number of carbonyl (C=O) groups excluding carboxylic acids is 2. The molecule has 2 amide bonds. The fourth-order valence-corrected chi connectivity index (χ4v) is 3.85. The predicted molar refractivity (Wildman–Crippen MR) is 104 cm³/mol. The molecule has 0 bridgehead atoms. The molecule has 3 aromatic rings. The van der Waals surface area contributed by atoms with Gasteiger partial charge in [0.05, 0.1) is 12.8 Å². The summed E-state index contributed by atoms with van der Waals surface area (Å²) in [5.74, 6) is -0.290. The zero-order chi connectivity index (χ0) is 20.0. The van der Waals surface area contributed by atoms with E-state index in [2.05, 4.69) is 5.32 Å². The lowest BCUT2D eigenvalue weighted by atomic mass is 9.98. The first kappa shape index (κ1) is 18.3. The van der Waals surface area contributed by atoms with Crippen LogP contribution >= 0.6 is 0 Å². The van der Waals surface area contributed by atoms with E-state index in [4.69, 9.17) is 8.83 Å². The normalized spacial score (nSPS) is 14.7. The molecule has 28 heavy (non-hydrogen) atoms. The third kappa shape index (κ3) is 2.96. The van der Waals surface area contributed by atoms with Gasteiger partial charge >= 0.3 is 5.63 Å². The van der Waals surface area contributed by atoms with Crippen molar-refractivity contribution in [3.63, 3.8) is 0 Å². The lowest BCUT2D eigenvalue weighted by Crippen LogP contribution is -2.50. The van der Waals surface area contributed by atoms with Crippen LogP contribution in [-0.2, 0) is 16.0 Å². The Kier molecular flexibility index (Phi) is 4.45. The Bertz CT molecular complexity index is 1170. The van der Waals surface area contributed by atoms with Gasteiger partial charge < -0.3 is 19.1 Å². The van der Waals surface area contributed by atoms with E-state index in [-0.39, 0.29) is 31.2 Å². The molecular weight excluding hydrogens is 360 g/mol. The highest BCUT2D eigenvalue weighted by Crippen LogP contribution is 2.32. The molecule has 0 spiro atoms. The second kappa shape index (κ2) is 6.82. The smallest absolute Gasteiger partial charge is 0.339 e. The van der Waals surface area contributed by atoms with Crippen LogP contribution in [0.2, 0.25) is 0 Å². The van der Waals surface area contributed by atoms with Gasteiger partial charge in [-0.1, -0.05) is 0 Å². The minimum Gasteiger partial charge on any atom is -0.464 e. The van der Waals surface area contributed by atoms with Gasteiger partial charge in [0.15, 0.2) is 0 Å². The third-order valence-corrected chi connectivity index (χ3v) is 5.52. The average Bonchev–Trinajstić information content (AvgIpc) is 3.04. The molecule has 2 aromatic heterocycles. The van der Waals surface area contributed by atoms with Gasteiger partial charge in [-0.25, -0.2) is 4.79 Å². The van der Waals surface area contributed by atoms with Crippen molar-refractivity contribution in [3.8, 4) is 0 Å². The first-order valence-electron chi connectivity index (χ1n) is 9.35. The number of amides is 2. The minimum absolute atomic E-state index is 0.0705. The number of hydrogen-bond acceptors (Lipinski definition) is 5. The molecule has 1 aliphatic heterocycles. The predicted octanol–water partition coefficient (Wildman–Crippen LogP) is 2.36. The summed E-state index contributed by atoms with van der Waals surface area (Å²) in [7, 11) is 0. The van der Waals surface area contributed by atoms with Crippen LogP contribution in [0.1, 0.15) is 28.7 Å². The molecule has 1 aliphatic rings. The van der Waals surface area contributed by atoms with Gasteiger partial charge in [-0.3, -0.25) is 9.59 Å². The summed E-state index contributed by atoms with van der Waals surface area (Å²) in [5, 5.41) is 4.54. The molecule has 0 aliphatic carbocycles. The van der Waals surface area contributed by atoms with Gasteiger partial charge in [0, 0.05) is 41.4 Å². The van der Waals surface area contributed by atoms with E-state index in [9.17, 15) is 14.4 Å². The van der Waals surface area contributed by atoms with Gasteiger partial charge in [0.2, 0.25) is 11.8 Å². The van der Waals surface area contributed by atoms with Crippen molar-refractivity contribution in [2.75, 3.05) is 19.6 Å². The fraction of sp³-hybridized carbons (Fsp3) is 0.381. The van der Waals surface area contributed by atoms with Gasteiger partial charge in [0.1, 0.15) is 11.2 Å². The van der Waals surface area contributed by atoms with Crippen molar-refractivity contribution >= 4 is 33.8 Å². The third-order valence-electron chi connectivity index (χ3n) is 5.52. The Morgan fingerprint density at radius 2 is 1.93 bits per heavy atom. The quantitative estimate of drug-likeness (QED) is 0.702. The zero-order valence-corrected chi connectivity index (χ0v) is 16.2. The van der Waals surface area contributed by atoms with Crippen molar-refractivity contribution in [1.29, 1.82) is 0 Å². The Balaban J connectivity index is 1.68. The fourth-order valence-electron chi connectivity index (χ4n) is 3.85. The van der Waals surface area contributed by atoms with Crippen LogP contribution in [0.5, 0.6) is 0 Å². The van der Waals surface area contributed by atoms with Crippen LogP contribution in [0.4, 0.5) is 0 Å². The Hall–Kier alpha value is -3.09. The van der Waals surface area contributed by atoms with Gasteiger partial charge in [0.25, 0.3) is 0 Å². The maximum absolute atomic E-state index is 12.6. The van der Waals surface area contributed by atoms with E-state index >= 15 is 0 Å². The number of carbonyl (C=O) groups is 2. The summed E-state index contributed by atoms with van der Waals surface area (Å²) < 4.78 is 11.2. The van der Waals surface area contributed by atoms with E-state index in [0.717, 1.165) is 33.0 Å². The van der Waals surface area contributed by atoms with Crippen molar-refractivity contribution in [3.05, 3.63) is 45.0 Å². The molecule has 0 atom stereocenters. The molecule has 0 radical (unpaired) electrons. The van der Waals surface area contributed by atoms with Crippen LogP contribution in [-0.4, -0.2) is 36.3 Å². The molecule has 0 unspecified atom stereocenters. The number of rotatable bonds is 3. The van der Waals surface area contributed by atoms with Gasteiger partial charge in [-0.15, -0.1) is 0 Å². The van der Waals surface area contributed by atoms with Crippen LogP contribution < -0.4 is 10.9 Å². The van der Waals surface area contributed by atoms with Crippen LogP contribution in [0.3, 0.4) is 0 Å². The number of aryl methyl sites for hydroxylation is 3. The molecule has 146 valence electrons. The monoisotopic (exact) mass is 382 g/mol. The maximum atomic E-state index is 12.6. The topological polar surface area (TPSA) is 92.8 Å². The van der Waals surface area contributed by atoms with Crippen molar-refractivity contribution in [2.24, 2.45) is 0 Å². The summed E-state index contributed by atoms with van der Waals surface area (Å²) in [6.45, 7) is 6.75. The summed E-state index contributed by atoms with van der Waals surface area (Å²) in [6.07, 6.45) is 2.14. The second-order valence-electron chi connectivity index (χ2n) is 7.33. The number of hydrogen-bond donors (Lipinski definition) is 1. The van der Waals surface area contributed by atoms with Crippen LogP contribution in [0.25, 0.3) is 21.9 Å². The van der Waals surface area contributed by atoms with Gasteiger partial charge in [-0.2, -0.15) is 0 Å². The summed E-state index contributed by atoms with van der Waals surface area (Å²) in [5.41, 5.74) is 3.95. The standard InChI is InChI=1S/C21H22N2O5/c1-11-10-27-19-13(3)20-16(8-15(11)19)12(2)14(21(26)28-20)4-5-18(25)23-7-6-22-17(24)9-23/h8,10H,4-7,9H2,1-3H3,(H,22,24). The summed E-state index contributed by atoms with van der Waals surface area (Å²) in [6, 6.07) is 1.98. The second-order valence-corrected chi connectivity index (χ2v) is 7.33. The first-order chi connectivity index (χ1) is 13.4. The molecule has 4 rings (SSSR count). The first-order valence-corrected chi connectivity index (χ1v) is 9.35. The SMILES string of the molecule is Cc1coc2c(C)c3oc(=O)c(CCC(=O)N4CCNC(=O)C4)c(C)c3cc12. The average molecular weight is 382 g/mol. The van der Waals surface area contributed by atoms with E-state index in [0.29, 0.717) is 24.2 Å². The number of benzene rings is 1. The molecular formula is C21H22N2O5. The van der Waals surface area contributed by atoms with Crippen molar-refractivity contribution < 1.29 is 18.4 Å². The Morgan fingerprint density at radius 3 is 2.68 bits per heavy atom. The van der Waals surface area contributed by atoms with E-state index in [1.165, 1.54) is 4.90 Å². The molecule has 3 heterocycles. The lowest BCUT2D eigenvalue weighted by Gasteiger charge is -2.26. The molecule has 1 aromatic carbocycles. The molecule has 0 saturated carbocycles. The molecule has 7 heteroatoms. The van der Waals surface area contributed by atoms with Crippen molar-refractivity contribution in [1.82, 2.24) is 10.2 Å². The van der Waals surface area contributed by atoms with Gasteiger partial charge in [-0.05, 0) is 44.4 Å². The molecule has 7 nitrogen and oxygen atoms in total. The highest BCUT2D eigenvalue weighted by Gasteiger charge is 2.22. The number of fused-ring (bicyclic) bond motifs is 2. The summed E-state index contributed by atoms with van der Waals surface area (Å²) >= 11 is 0. The lowest BCUT2D eigenvalue weighted by molar-refractivity contribution is -0.138. The van der Waals surface area contributed by atoms with E-state index < -0.39 is 5.63 Å². The number of nitrogens with one attached hydrogen (secondary N) is 1. The van der Waals surface area contributed by atoms with Crippen LogP contribution in [0.15, 0.2) is 26.0 Å². The van der Waals surface area contributed by atoms with Crippen LogP contribution in [0, 0.1) is 20.8 Å². The highest BCUT2D eigenvalue weighted by atomic mass is 16.4. The number of piperazine rings is 1. The van der Waals surface area contributed by atoms with Crippen molar-refractivity contribution in [2.45, 2.75) is 33.6 Å². The molecule has 1 N–H and O–H groups in total. The largest absolute Gasteiger partial charge is 0.464 e. The molecule has 1 fully saturated rings. The van der Waals surface area contributed by atoms with E-state index in [1.807, 2.05) is 26.8 Å². The summed E-state index contributed by atoms with van der Waals surface area (Å²) in [4.78, 5) is 38.0. The number of nitrogens with zero attached hydrogens (tertiary/aromatic N) is 1. The zero-order valence-electron chi connectivity index (χ0n) is 16.2. The Labute approximate surface area is 161 Å². The highest BCUT2D eigenvalue weighted by molar-refractivity contribution is 5.99. The number of furan rings is 1. The Morgan fingerprint density at radius 1 is 1.14 bits per heavy atom. The molecule has 1 saturated heterocycles. The maximum Gasteiger partial charge on any atom is 0.339 e. The minimum atomic E-state index is -0.431.